The number of carbonyl (C=O) groups is 1. The van der Waals surface area contributed by atoms with Crippen LogP contribution in [-0.2, 0) is 11.2 Å². The Morgan fingerprint density at radius 1 is 1.79 bits per heavy atom. The zero-order valence-electron chi connectivity index (χ0n) is 7.70. The van der Waals surface area contributed by atoms with Gasteiger partial charge in [-0.3, -0.25) is 4.79 Å². The Kier molecular flexibility index (Phi) is 4.51. The topological polar surface area (TPSA) is 43.1 Å². The Hall–Kier alpha value is -0.450. The van der Waals surface area contributed by atoms with E-state index in [1.165, 1.54) is 0 Å². The normalized spacial score (nSPS) is 12.4. The van der Waals surface area contributed by atoms with Crippen LogP contribution >= 0.6 is 27.3 Å². The van der Waals surface area contributed by atoms with Crippen LogP contribution in [0, 0.1) is 0 Å². The van der Waals surface area contributed by atoms with Crippen molar-refractivity contribution in [3.05, 3.63) is 33.5 Å². The van der Waals surface area contributed by atoms with Crippen molar-refractivity contribution in [2.75, 3.05) is 0 Å². The average molecular weight is 274 g/mol. The Morgan fingerprint density at radius 3 is 3.00 bits per heavy atom. The highest BCUT2D eigenvalue weighted by molar-refractivity contribution is 9.10. The summed E-state index contributed by atoms with van der Waals surface area (Å²) in [7, 11) is 0. The number of ketones is 1. The molecule has 0 spiro atoms. The summed E-state index contributed by atoms with van der Waals surface area (Å²) < 4.78 is 1.02. The number of rotatable bonds is 5. The lowest BCUT2D eigenvalue weighted by molar-refractivity contribution is -0.119. The molecule has 0 saturated heterocycles. The second-order valence-corrected chi connectivity index (χ2v) is 4.92. The smallest absolute Gasteiger partial charge is 0.155 e. The van der Waals surface area contributed by atoms with Crippen molar-refractivity contribution in [3.8, 4) is 0 Å². The molecular formula is C10H12BrNOS. The minimum atomic E-state index is -0.409. The predicted molar refractivity (Wildman–Crippen MR) is 63.5 cm³/mol. The molecule has 0 aliphatic rings. The molecule has 1 rings (SSSR count). The van der Waals surface area contributed by atoms with Crippen molar-refractivity contribution >= 4 is 33.0 Å². The van der Waals surface area contributed by atoms with Gasteiger partial charge < -0.3 is 5.73 Å². The number of halogens is 1. The molecule has 0 fully saturated rings. The van der Waals surface area contributed by atoms with Gasteiger partial charge in [-0.05, 0) is 28.4 Å². The van der Waals surface area contributed by atoms with Gasteiger partial charge in [-0.1, -0.05) is 6.08 Å². The molecule has 0 bridgehead atoms. The summed E-state index contributed by atoms with van der Waals surface area (Å²) in [6.07, 6.45) is 2.64. The van der Waals surface area contributed by atoms with Crippen molar-refractivity contribution in [2.24, 2.45) is 5.73 Å². The quantitative estimate of drug-likeness (QED) is 0.838. The summed E-state index contributed by atoms with van der Waals surface area (Å²) in [6, 6.07) is 1.54. The number of thiophene rings is 1. The molecule has 0 aromatic carbocycles. The highest BCUT2D eigenvalue weighted by atomic mass is 79.9. The van der Waals surface area contributed by atoms with Gasteiger partial charge in [-0.15, -0.1) is 17.9 Å². The Labute approximate surface area is 95.9 Å². The first-order chi connectivity index (χ1) is 6.63. The number of hydrogen-bond donors (Lipinski definition) is 1. The van der Waals surface area contributed by atoms with E-state index in [4.69, 9.17) is 5.73 Å². The largest absolute Gasteiger partial charge is 0.321 e. The fourth-order valence-corrected chi connectivity index (χ4v) is 2.52. The van der Waals surface area contributed by atoms with Gasteiger partial charge in [0.05, 0.1) is 6.04 Å². The van der Waals surface area contributed by atoms with Crippen molar-refractivity contribution in [3.63, 3.8) is 0 Å². The molecule has 0 aliphatic carbocycles. The zero-order valence-corrected chi connectivity index (χ0v) is 10.1. The minimum Gasteiger partial charge on any atom is -0.321 e. The van der Waals surface area contributed by atoms with Crippen molar-refractivity contribution in [1.82, 2.24) is 0 Å². The molecule has 1 aromatic rings. The molecule has 2 N–H and O–H groups in total. The Balaban J connectivity index is 2.52. The molecule has 1 aromatic heterocycles. The highest BCUT2D eigenvalue weighted by Crippen LogP contribution is 2.20. The summed E-state index contributed by atoms with van der Waals surface area (Å²) in [5.41, 5.74) is 5.65. The van der Waals surface area contributed by atoms with Crippen LogP contribution in [0.2, 0.25) is 0 Å². The van der Waals surface area contributed by atoms with Crippen LogP contribution in [0.3, 0.4) is 0 Å². The van der Waals surface area contributed by atoms with Gasteiger partial charge in [0.1, 0.15) is 0 Å². The van der Waals surface area contributed by atoms with E-state index >= 15 is 0 Å². The van der Waals surface area contributed by atoms with Gasteiger partial charge in [0.15, 0.2) is 5.78 Å². The van der Waals surface area contributed by atoms with Crippen LogP contribution in [-0.4, -0.2) is 11.8 Å². The number of nitrogens with two attached hydrogens (primary N) is 1. The van der Waals surface area contributed by atoms with Crippen LogP contribution in [0.1, 0.15) is 11.3 Å². The number of Topliss-reactive ketones (excluding diaryl/α,β-unsaturated/α-hetero) is 1. The van der Waals surface area contributed by atoms with Crippen LogP contribution < -0.4 is 5.73 Å². The summed E-state index contributed by atoms with van der Waals surface area (Å²) in [5, 5.41) is 1.96. The third-order valence-electron chi connectivity index (χ3n) is 1.80. The van der Waals surface area contributed by atoms with Gasteiger partial charge in [0.25, 0.3) is 0 Å². The minimum absolute atomic E-state index is 0.0688. The predicted octanol–water partition coefficient (Wildman–Crippen LogP) is 2.53. The van der Waals surface area contributed by atoms with E-state index in [0.717, 1.165) is 9.35 Å². The van der Waals surface area contributed by atoms with E-state index in [1.807, 2.05) is 11.4 Å². The van der Waals surface area contributed by atoms with Gasteiger partial charge in [-0.2, -0.15) is 0 Å². The molecule has 1 heterocycles. The van der Waals surface area contributed by atoms with Gasteiger partial charge in [0, 0.05) is 21.2 Å². The molecule has 0 radical (unpaired) electrons. The van der Waals surface area contributed by atoms with Gasteiger partial charge in [0.2, 0.25) is 0 Å². The monoisotopic (exact) mass is 273 g/mol. The molecule has 0 saturated carbocycles. The molecule has 0 amide bonds. The van der Waals surface area contributed by atoms with Crippen molar-refractivity contribution in [1.29, 1.82) is 0 Å². The van der Waals surface area contributed by atoms with E-state index in [-0.39, 0.29) is 5.78 Å². The first kappa shape index (κ1) is 11.6. The highest BCUT2D eigenvalue weighted by Gasteiger charge is 2.13. The van der Waals surface area contributed by atoms with Crippen LogP contribution in [0.5, 0.6) is 0 Å². The first-order valence-corrected chi connectivity index (χ1v) is 5.93. The summed E-state index contributed by atoms with van der Waals surface area (Å²) in [6.45, 7) is 3.56. The molecule has 1 unspecified atom stereocenters. The van der Waals surface area contributed by atoms with Crippen molar-refractivity contribution in [2.45, 2.75) is 18.9 Å². The van der Waals surface area contributed by atoms with E-state index < -0.39 is 6.04 Å². The third kappa shape index (κ3) is 3.36. The maximum atomic E-state index is 11.5. The second kappa shape index (κ2) is 5.44. The van der Waals surface area contributed by atoms with E-state index in [1.54, 1.807) is 17.4 Å². The fraction of sp³-hybridized carbons (Fsp3) is 0.300. The second-order valence-electron chi connectivity index (χ2n) is 3.01. The first-order valence-electron chi connectivity index (χ1n) is 4.25. The molecule has 14 heavy (non-hydrogen) atoms. The van der Waals surface area contributed by atoms with Crippen molar-refractivity contribution < 1.29 is 4.79 Å². The van der Waals surface area contributed by atoms with Crippen LogP contribution in [0.4, 0.5) is 0 Å². The molecule has 2 nitrogen and oxygen atoms in total. The summed E-state index contributed by atoms with van der Waals surface area (Å²) in [5.74, 6) is 0.0688. The molecule has 4 heteroatoms. The van der Waals surface area contributed by atoms with E-state index in [0.29, 0.717) is 12.8 Å². The van der Waals surface area contributed by atoms with E-state index in [2.05, 4.69) is 22.5 Å². The van der Waals surface area contributed by atoms with Gasteiger partial charge >= 0.3 is 0 Å². The van der Waals surface area contributed by atoms with Crippen LogP contribution in [0.15, 0.2) is 28.6 Å². The standard InChI is InChI=1S/C10H12BrNOS/c1-2-3-9(12)10(13)5-8-4-7(11)6-14-8/h2,4,6,9H,1,3,5,12H2. The molecular weight excluding hydrogens is 262 g/mol. The average Bonchev–Trinajstić information content (AvgIpc) is 2.51. The Bertz CT molecular complexity index is 335. The summed E-state index contributed by atoms with van der Waals surface area (Å²) >= 11 is 4.91. The molecule has 0 aliphatic heterocycles. The molecule has 76 valence electrons. The lowest BCUT2D eigenvalue weighted by Gasteiger charge is -2.05. The fourth-order valence-electron chi connectivity index (χ4n) is 1.06. The lowest BCUT2D eigenvalue weighted by atomic mass is 10.1. The lowest BCUT2D eigenvalue weighted by Crippen LogP contribution is -2.30. The van der Waals surface area contributed by atoms with Crippen LogP contribution in [0.25, 0.3) is 0 Å². The molecule has 1 atom stereocenters. The number of hydrogen-bond acceptors (Lipinski definition) is 3. The maximum absolute atomic E-state index is 11.5. The number of carbonyl (C=O) groups excluding carboxylic acids is 1. The summed E-state index contributed by atoms with van der Waals surface area (Å²) in [4.78, 5) is 12.6. The maximum Gasteiger partial charge on any atom is 0.155 e. The SMILES string of the molecule is C=CCC(N)C(=O)Cc1cc(Br)cs1. The van der Waals surface area contributed by atoms with Gasteiger partial charge in [-0.25, -0.2) is 0 Å². The zero-order chi connectivity index (χ0) is 10.6. The van der Waals surface area contributed by atoms with E-state index in [9.17, 15) is 4.79 Å². The Morgan fingerprint density at radius 2 is 2.50 bits per heavy atom. The third-order valence-corrected chi connectivity index (χ3v) is 3.50.